The number of Topliss-reactive ketones (excluding diaryl/α,β-unsaturated/α-hetero) is 1. The molecule has 0 N–H and O–H groups in total. The van der Waals surface area contributed by atoms with E-state index >= 15 is 0 Å². The Kier molecular flexibility index (Phi) is 4.29. The van der Waals surface area contributed by atoms with Crippen LogP contribution >= 0.6 is 27.5 Å². The third kappa shape index (κ3) is 3.32. The molecular formula is C10H8BrClO3. The van der Waals surface area contributed by atoms with E-state index < -0.39 is 5.43 Å². The van der Waals surface area contributed by atoms with Crippen molar-refractivity contribution in [2.45, 2.75) is 13.3 Å². The molecule has 0 aliphatic heterocycles. The van der Waals surface area contributed by atoms with Crippen molar-refractivity contribution in [1.29, 1.82) is 0 Å². The molecule has 0 atom stereocenters. The van der Waals surface area contributed by atoms with Crippen LogP contribution in [0.15, 0.2) is 22.7 Å². The third-order valence-electron chi connectivity index (χ3n) is 1.75. The third-order valence-corrected chi connectivity index (χ3v) is 2.32. The normalized spacial score (nSPS) is 9.80. The minimum Gasteiger partial charge on any atom is -0.414 e. The fourth-order valence-electron chi connectivity index (χ4n) is 1.09. The van der Waals surface area contributed by atoms with Gasteiger partial charge >= 0.3 is 5.43 Å². The molecular weight excluding hydrogens is 283 g/mol. The number of carbonyl (C=O) groups excluding carboxylic acids is 2. The molecule has 1 aromatic rings. The predicted molar refractivity (Wildman–Crippen MR) is 60.6 cm³/mol. The Morgan fingerprint density at radius 1 is 1.47 bits per heavy atom. The summed E-state index contributed by atoms with van der Waals surface area (Å²) >= 11 is 8.32. The van der Waals surface area contributed by atoms with E-state index in [0.717, 1.165) is 4.47 Å². The van der Waals surface area contributed by atoms with E-state index in [1.54, 1.807) is 19.1 Å². The number of hydrogen-bond acceptors (Lipinski definition) is 3. The first-order valence-electron chi connectivity index (χ1n) is 4.24. The van der Waals surface area contributed by atoms with Gasteiger partial charge in [-0.1, -0.05) is 22.9 Å². The molecule has 0 unspecified atom stereocenters. The molecule has 0 fully saturated rings. The van der Waals surface area contributed by atoms with Crippen LogP contribution < -0.4 is 4.74 Å². The molecule has 15 heavy (non-hydrogen) atoms. The first-order chi connectivity index (χ1) is 7.04. The molecule has 0 radical (unpaired) electrons. The molecule has 1 aromatic carbocycles. The van der Waals surface area contributed by atoms with E-state index in [0.29, 0.717) is 12.0 Å². The summed E-state index contributed by atoms with van der Waals surface area (Å²) in [5, 5.41) is 0. The molecule has 0 aliphatic rings. The highest BCUT2D eigenvalue weighted by molar-refractivity contribution is 9.10. The Balaban J connectivity index is 3.14. The average molecular weight is 292 g/mol. The summed E-state index contributed by atoms with van der Waals surface area (Å²) in [6.07, 6.45) is 0.337. The van der Waals surface area contributed by atoms with Gasteiger partial charge < -0.3 is 4.74 Å². The number of ether oxygens (including phenoxy) is 1. The van der Waals surface area contributed by atoms with Gasteiger partial charge in [0.2, 0.25) is 0 Å². The summed E-state index contributed by atoms with van der Waals surface area (Å²) in [6, 6.07) is 4.79. The van der Waals surface area contributed by atoms with Crippen LogP contribution in [0.25, 0.3) is 0 Å². The second-order valence-corrected chi connectivity index (χ2v) is 3.98. The SMILES string of the molecule is CCC(=O)c1cc(Br)ccc1OC(=O)Cl. The number of hydrogen-bond donors (Lipinski definition) is 0. The topological polar surface area (TPSA) is 43.4 Å². The minimum absolute atomic E-state index is 0.107. The number of halogens is 2. The lowest BCUT2D eigenvalue weighted by molar-refractivity contribution is 0.0986. The van der Waals surface area contributed by atoms with Gasteiger partial charge in [0, 0.05) is 22.5 Å². The highest BCUT2D eigenvalue weighted by Gasteiger charge is 2.13. The first kappa shape index (κ1) is 12.2. The molecule has 5 heteroatoms. The molecule has 0 aromatic heterocycles. The predicted octanol–water partition coefficient (Wildman–Crippen LogP) is 3.78. The Labute approximate surface area is 100 Å². The molecule has 0 spiro atoms. The summed E-state index contributed by atoms with van der Waals surface area (Å²) in [5.74, 6) is 0.0780. The van der Waals surface area contributed by atoms with E-state index in [1.165, 1.54) is 6.07 Å². The summed E-state index contributed by atoms with van der Waals surface area (Å²) in [5.41, 5.74) is -0.608. The van der Waals surface area contributed by atoms with Gasteiger partial charge in [0.1, 0.15) is 5.75 Å². The van der Waals surface area contributed by atoms with Gasteiger partial charge in [-0.3, -0.25) is 4.79 Å². The van der Waals surface area contributed by atoms with Crippen molar-refractivity contribution in [2.75, 3.05) is 0 Å². The Morgan fingerprint density at radius 3 is 2.67 bits per heavy atom. The quantitative estimate of drug-likeness (QED) is 0.629. The van der Waals surface area contributed by atoms with Crippen molar-refractivity contribution < 1.29 is 14.3 Å². The average Bonchev–Trinajstić information content (AvgIpc) is 2.19. The van der Waals surface area contributed by atoms with E-state index in [-0.39, 0.29) is 11.5 Å². The molecule has 1 rings (SSSR count). The van der Waals surface area contributed by atoms with Crippen LogP contribution in [0, 0.1) is 0 Å². The second-order valence-electron chi connectivity index (χ2n) is 2.76. The molecule has 0 saturated heterocycles. The Hall–Kier alpha value is -0.870. The van der Waals surface area contributed by atoms with Crippen LogP contribution in [0.1, 0.15) is 23.7 Å². The van der Waals surface area contributed by atoms with Crippen LogP contribution in [0.3, 0.4) is 0 Å². The first-order valence-corrected chi connectivity index (χ1v) is 5.41. The zero-order valence-corrected chi connectivity index (χ0v) is 10.3. The largest absolute Gasteiger partial charge is 0.414 e. The summed E-state index contributed by atoms with van der Waals surface area (Å²) in [6.45, 7) is 1.73. The van der Waals surface area contributed by atoms with Crippen LogP contribution in [0.2, 0.25) is 0 Å². The molecule has 0 amide bonds. The molecule has 0 heterocycles. The van der Waals surface area contributed by atoms with Crippen molar-refractivity contribution in [3.05, 3.63) is 28.2 Å². The molecule has 0 aliphatic carbocycles. The van der Waals surface area contributed by atoms with Crippen LogP contribution in [-0.2, 0) is 0 Å². The highest BCUT2D eigenvalue weighted by atomic mass is 79.9. The van der Waals surface area contributed by atoms with E-state index in [4.69, 9.17) is 16.3 Å². The van der Waals surface area contributed by atoms with Crippen LogP contribution in [-0.4, -0.2) is 11.2 Å². The van der Waals surface area contributed by atoms with Gasteiger partial charge in [-0.05, 0) is 18.2 Å². The van der Waals surface area contributed by atoms with Crippen LogP contribution in [0.5, 0.6) is 5.75 Å². The van der Waals surface area contributed by atoms with Crippen molar-refractivity contribution in [3.8, 4) is 5.75 Å². The Bertz CT molecular complexity index is 404. The summed E-state index contributed by atoms with van der Waals surface area (Å²) < 4.78 is 5.45. The van der Waals surface area contributed by atoms with Crippen molar-refractivity contribution in [1.82, 2.24) is 0 Å². The number of benzene rings is 1. The minimum atomic E-state index is -0.956. The van der Waals surface area contributed by atoms with Gasteiger partial charge in [-0.2, -0.15) is 0 Å². The molecule has 3 nitrogen and oxygen atoms in total. The molecule has 0 saturated carbocycles. The maximum atomic E-state index is 11.5. The monoisotopic (exact) mass is 290 g/mol. The van der Waals surface area contributed by atoms with Gasteiger partial charge in [-0.25, -0.2) is 4.79 Å². The van der Waals surface area contributed by atoms with E-state index in [2.05, 4.69) is 15.9 Å². The number of carbonyl (C=O) groups is 2. The number of rotatable bonds is 3. The van der Waals surface area contributed by atoms with Gasteiger partial charge in [0.25, 0.3) is 0 Å². The lowest BCUT2D eigenvalue weighted by Crippen LogP contribution is -2.04. The van der Waals surface area contributed by atoms with Crippen molar-refractivity contribution >= 4 is 38.7 Å². The molecule has 80 valence electrons. The number of ketones is 1. The zero-order chi connectivity index (χ0) is 11.4. The van der Waals surface area contributed by atoms with Gasteiger partial charge in [0.05, 0.1) is 5.56 Å². The lowest BCUT2D eigenvalue weighted by Gasteiger charge is -2.06. The summed E-state index contributed by atoms with van der Waals surface area (Å²) in [4.78, 5) is 22.1. The maximum absolute atomic E-state index is 11.5. The Morgan fingerprint density at radius 2 is 2.13 bits per heavy atom. The van der Waals surface area contributed by atoms with Crippen molar-refractivity contribution in [2.24, 2.45) is 0 Å². The van der Waals surface area contributed by atoms with E-state index in [9.17, 15) is 9.59 Å². The smallest absolute Gasteiger partial charge is 0.409 e. The van der Waals surface area contributed by atoms with E-state index in [1.807, 2.05) is 0 Å². The maximum Gasteiger partial charge on any atom is 0.409 e. The highest BCUT2D eigenvalue weighted by Crippen LogP contribution is 2.25. The van der Waals surface area contributed by atoms with Crippen molar-refractivity contribution in [3.63, 3.8) is 0 Å². The lowest BCUT2D eigenvalue weighted by atomic mass is 10.1. The summed E-state index contributed by atoms with van der Waals surface area (Å²) in [7, 11) is 0. The standard InChI is InChI=1S/C10H8BrClO3/c1-2-8(13)7-5-6(11)3-4-9(7)15-10(12)14/h3-5H,2H2,1H3. The second kappa shape index (κ2) is 5.28. The van der Waals surface area contributed by atoms with Gasteiger partial charge in [-0.15, -0.1) is 0 Å². The fourth-order valence-corrected chi connectivity index (χ4v) is 1.53. The fraction of sp³-hybridized carbons (Fsp3) is 0.200. The van der Waals surface area contributed by atoms with Gasteiger partial charge in [0.15, 0.2) is 5.78 Å². The van der Waals surface area contributed by atoms with Crippen LogP contribution in [0.4, 0.5) is 4.79 Å². The zero-order valence-electron chi connectivity index (χ0n) is 7.92. The molecule has 0 bridgehead atoms.